The monoisotopic (exact) mass is 290 g/mol. The number of para-hydroxylation sites is 2. The highest BCUT2D eigenvalue weighted by Crippen LogP contribution is 2.30. The predicted octanol–water partition coefficient (Wildman–Crippen LogP) is 3.89. The van der Waals surface area contributed by atoms with Crippen LogP contribution >= 0.6 is 0 Å². The Hall–Kier alpha value is -3.21. The second kappa shape index (κ2) is 5.29. The number of hydrazone groups is 1. The van der Waals surface area contributed by atoms with E-state index in [1.165, 1.54) is 0 Å². The van der Waals surface area contributed by atoms with Gasteiger partial charge in [-0.3, -0.25) is 0 Å². The Morgan fingerprint density at radius 3 is 2.05 bits per heavy atom. The number of nitrogens with zero attached hydrogens (tertiary/aromatic N) is 4. The number of furan rings is 1. The zero-order valence-electron chi connectivity index (χ0n) is 11.8. The summed E-state index contributed by atoms with van der Waals surface area (Å²) in [6.07, 6.45) is 3.39. The third-order valence-corrected chi connectivity index (χ3v) is 3.36. The van der Waals surface area contributed by atoms with Crippen molar-refractivity contribution < 1.29 is 4.42 Å². The third kappa shape index (κ3) is 2.09. The van der Waals surface area contributed by atoms with Gasteiger partial charge in [0.2, 0.25) is 5.88 Å². The molecule has 1 aliphatic rings. The lowest BCUT2D eigenvalue weighted by atomic mass is 10.3. The van der Waals surface area contributed by atoms with Crippen LogP contribution in [0, 0.1) is 0 Å². The van der Waals surface area contributed by atoms with Crippen LogP contribution in [0.15, 0.2) is 88.6 Å². The van der Waals surface area contributed by atoms with Gasteiger partial charge in [0.1, 0.15) is 6.34 Å². The molecule has 22 heavy (non-hydrogen) atoms. The number of hydrogen-bond donors (Lipinski definition) is 0. The fourth-order valence-corrected chi connectivity index (χ4v) is 2.37. The van der Waals surface area contributed by atoms with Gasteiger partial charge in [-0.15, -0.1) is 5.10 Å². The normalized spacial score (nSPS) is 13.9. The van der Waals surface area contributed by atoms with Crippen molar-refractivity contribution in [3.63, 3.8) is 0 Å². The highest BCUT2D eigenvalue weighted by atomic mass is 16.4. The molecule has 0 fully saturated rings. The molecule has 4 rings (SSSR count). The fraction of sp³-hybridized carbons (Fsp3) is 0. The first-order chi connectivity index (χ1) is 10.9. The van der Waals surface area contributed by atoms with E-state index in [1.807, 2.05) is 88.0 Å². The summed E-state index contributed by atoms with van der Waals surface area (Å²) in [5, 5.41) is 10.1. The van der Waals surface area contributed by atoms with Gasteiger partial charge in [-0.25, -0.2) is 0 Å². The molecule has 0 saturated heterocycles. The average molecular weight is 290 g/mol. The van der Waals surface area contributed by atoms with E-state index < -0.39 is 0 Å². The summed E-state index contributed by atoms with van der Waals surface area (Å²) in [6, 6.07) is 23.8. The van der Waals surface area contributed by atoms with E-state index in [0.29, 0.717) is 5.88 Å². The molecule has 0 spiro atoms. The van der Waals surface area contributed by atoms with E-state index in [0.717, 1.165) is 11.4 Å². The minimum atomic E-state index is 0.700. The number of rotatable bonds is 3. The van der Waals surface area contributed by atoms with Gasteiger partial charge in [0.25, 0.3) is 0 Å². The molecule has 0 bridgehead atoms. The summed E-state index contributed by atoms with van der Waals surface area (Å²) in [4.78, 5) is 0. The van der Waals surface area contributed by atoms with Crippen LogP contribution in [0.1, 0.15) is 0 Å². The lowest BCUT2D eigenvalue weighted by Crippen LogP contribution is -2.46. The number of hydrazine groups is 2. The molecule has 3 aromatic rings. The first kappa shape index (κ1) is 12.5. The molecule has 1 aliphatic heterocycles. The predicted molar refractivity (Wildman–Crippen MR) is 87.5 cm³/mol. The lowest BCUT2D eigenvalue weighted by molar-refractivity contribution is 0.562. The minimum absolute atomic E-state index is 0.700. The minimum Gasteiger partial charge on any atom is -0.447 e. The van der Waals surface area contributed by atoms with Gasteiger partial charge in [0, 0.05) is 6.07 Å². The largest absolute Gasteiger partial charge is 0.447 e. The zero-order valence-corrected chi connectivity index (χ0v) is 11.8. The van der Waals surface area contributed by atoms with Crippen molar-refractivity contribution in [2.45, 2.75) is 0 Å². The summed E-state index contributed by atoms with van der Waals surface area (Å²) in [5.41, 5.74) is 1.96. The van der Waals surface area contributed by atoms with Crippen LogP contribution in [0.25, 0.3) is 0 Å². The molecule has 0 unspecified atom stereocenters. The van der Waals surface area contributed by atoms with E-state index in [-0.39, 0.29) is 0 Å². The zero-order chi connectivity index (χ0) is 14.8. The molecular formula is C17H14N4O. The summed E-state index contributed by atoms with van der Waals surface area (Å²) in [7, 11) is 0. The van der Waals surface area contributed by atoms with Gasteiger partial charge in [-0.1, -0.05) is 36.4 Å². The molecule has 2 heterocycles. The Bertz CT molecular complexity index is 756. The molecule has 0 N–H and O–H groups in total. The van der Waals surface area contributed by atoms with Crippen molar-refractivity contribution in [1.29, 1.82) is 0 Å². The Labute approximate surface area is 128 Å². The van der Waals surface area contributed by atoms with Crippen molar-refractivity contribution in [2.24, 2.45) is 5.10 Å². The fourth-order valence-electron chi connectivity index (χ4n) is 2.37. The van der Waals surface area contributed by atoms with Gasteiger partial charge < -0.3 is 4.42 Å². The molecule has 2 aromatic carbocycles. The van der Waals surface area contributed by atoms with Gasteiger partial charge in [-0.05, 0) is 30.3 Å². The van der Waals surface area contributed by atoms with Gasteiger partial charge in [-0.2, -0.15) is 15.2 Å². The molecule has 0 aliphatic carbocycles. The molecule has 0 atom stereocenters. The third-order valence-electron chi connectivity index (χ3n) is 3.36. The first-order valence-corrected chi connectivity index (χ1v) is 7.00. The smallest absolute Gasteiger partial charge is 0.221 e. The number of benzene rings is 2. The van der Waals surface area contributed by atoms with E-state index in [2.05, 4.69) is 5.10 Å². The molecular weight excluding hydrogens is 276 g/mol. The molecule has 0 radical (unpaired) electrons. The second-order valence-electron chi connectivity index (χ2n) is 4.78. The van der Waals surface area contributed by atoms with Gasteiger partial charge in [0.05, 0.1) is 17.6 Å². The summed E-state index contributed by atoms with van der Waals surface area (Å²) in [5.74, 6) is 0.700. The average Bonchev–Trinajstić information content (AvgIpc) is 3.25. The molecule has 5 nitrogen and oxygen atoms in total. The van der Waals surface area contributed by atoms with E-state index >= 15 is 0 Å². The van der Waals surface area contributed by atoms with Crippen LogP contribution in [-0.4, -0.2) is 6.34 Å². The maximum Gasteiger partial charge on any atom is 0.221 e. The second-order valence-corrected chi connectivity index (χ2v) is 4.78. The maximum atomic E-state index is 5.52. The number of anilines is 3. The van der Waals surface area contributed by atoms with E-state index in [9.17, 15) is 0 Å². The Kier molecular flexibility index (Phi) is 3.01. The molecule has 108 valence electrons. The van der Waals surface area contributed by atoms with Crippen molar-refractivity contribution >= 4 is 23.6 Å². The Balaban J connectivity index is 1.78. The van der Waals surface area contributed by atoms with Crippen LogP contribution in [0.3, 0.4) is 0 Å². The summed E-state index contributed by atoms with van der Waals surface area (Å²) < 4.78 is 5.52. The Morgan fingerprint density at radius 2 is 1.41 bits per heavy atom. The van der Waals surface area contributed by atoms with E-state index in [4.69, 9.17) is 4.42 Å². The van der Waals surface area contributed by atoms with Crippen LogP contribution in [0.2, 0.25) is 0 Å². The van der Waals surface area contributed by atoms with Crippen molar-refractivity contribution in [3.8, 4) is 0 Å². The summed E-state index contributed by atoms with van der Waals surface area (Å²) >= 11 is 0. The van der Waals surface area contributed by atoms with Crippen LogP contribution in [0.5, 0.6) is 0 Å². The SMILES string of the molecule is C1=NN(c2ccccc2)N(c2ccccc2)N1c1ccco1. The van der Waals surface area contributed by atoms with Crippen molar-refractivity contribution in [3.05, 3.63) is 79.1 Å². The van der Waals surface area contributed by atoms with Crippen molar-refractivity contribution in [2.75, 3.05) is 15.2 Å². The number of hydrogen-bond acceptors (Lipinski definition) is 5. The molecule has 1 aromatic heterocycles. The van der Waals surface area contributed by atoms with Gasteiger partial charge >= 0.3 is 0 Å². The Morgan fingerprint density at radius 1 is 0.727 bits per heavy atom. The molecule has 0 saturated carbocycles. The molecule has 0 amide bonds. The maximum absolute atomic E-state index is 5.52. The highest BCUT2D eigenvalue weighted by molar-refractivity contribution is 5.87. The topological polar surface area (TPSA) is 35.2 Å². The van der Waals surface area contributed by atoms with Crippen LogP contribution in [-0.2, 0) is 0 Å². The lowest BCUT2D eigenvalue weighted by Gasteiger charge is -2.33. The first-order valence-electron chi connectivity index (χ1n) is 7.00. The molecule has 5 heteroatoms. The summed E-state index contributed by atoms with van der Waals surface area (Å²) in [6.45, 7) is 0. The highest BCUT2D eigenvalue weighted by Gasteiger charge is 2.29. The van der Waals surface area contributed by atoms with Crippen LogP contribution < -0.4 is 15.2 Å². The van der Waals surface area contributed by atoms with Crippen molar-refractivity contribution in [1.82, 2.24) is 0 Å². The standard InChI is InChI=1S/C17H14N4O/c1-3-8-15(9-4-1)20-18-14-19(17-12-7-13-22-17)21(20)16-10-5-2-6-11-16/h1-14H. The van der Waals surface area contributed by atoms with E-state index in [1.54, 1.807) is 12.6 Å². The van der Waals surface area contributed by atoms with Gasteiger partial charge in [0.15, 0.2) is 0 Å². The van der Waals surface area contributed by atoms with Crippen LogP contribution in [0.4, 0.5) is 17.3 Å². The quantitative estimate of drug-likeness (QED) is 0.733.